The number of pyridine rings is 1. The summed E-state index contributed by atoms with van der Waals surface area (Å²) >= 11 is 6.26. The summed E-state index contributed by atoms with van der Waals surface area (Å²) in [5, 5.41) is 2.89. The van der Waals surface area contributed by atoms with E-state index in [2.05, 4.69) is 10.3 Å². The number of esters is 1. The van der Waals surface area contributed by atoms with E-state index in [1.807, 2.05) is 27.7 Å². The number of amides is 1. The van der Waals surface area contributed by atoms with E-state index in [4.69, 9.17) is 30.4 Å². The Bertz CT molecular complexity index is 863. The number of aromatic nitrogens is 1. The number of methoxy groups -OCH3 is 1. The van der Waals surface area contributed by atoms with Crippen LogP contribution < -0.4 is 5.32 Å². The van der Waals surface area contributed by atoms with Gasteiger partial charge in [-0.2, -0.15) is 0 Å². The first-order valence-electron chi connectivity index (χ1n) is 9.92. The number of nitrogens with zero attached hydrogens (tertiary/aromatic N) is 1. The maximum Gasteiger partial charge on any atom is 0.492 e. The van der Waals surface area contributed by atoms with Gasteiger partial charge in [0.05, 0.1) is 23.9 Å². The van der Waals surface area contributed by atoms with Crippen molar-refractivity contribution in [1.29, 1.82) is 0 Å². The van der Waals surface area contributed by atoms with Crippen molar-refractivity contribution in [2.75, 3.05) is 13.7 Å². The average Bonchev–Trinajstić information content (AvgIpc) is 2.85. The van der Waals surface area contributed by atoms with E-state index in [1.165, 1.54) is 13.3 Å². The van der Waals surface area contributed by atoms with E-state index in [1.54, 1.807) is 32.9 Å². The largest absolute Gasteiger partial charge is 0.492 e. The van der Waals surface area contributed by atoms with E-state index in [9.17, 15) is 9.59 Å². The Hall–Kier alpha value is -2.10. The molecule has 0 aliphatic carbocycles. The summed E-state index contributed by atoms with van der Waals surface area (Å²) in [5.41, 5.74) is -0.528. The summed E-state index contributed by atoms with van der Waals surface area (Å²) in [6.07, 6.45) is 2.43. The lowest BCUT2D eigenvalue weighted by Gasteiger charge is -2.32. The first-order chi connectivity index (χ1) is 14.1. The zero-order valence-corrected chi connectivity index (χ0v) is 20.0. The Morgan fingerprint density at radius 3 is 2.32 bits per heavy atom. The van der Waals surface area contributed by atoms with Crippen LogP contribution in [0.2, 0.25) is 5.15 Å². The van der Waals surface area contributed by atoms with Crippen LogP contribution >= 0.6 is 11.6 Å². The number of rotatable bonds is 5. The van der Waals surface area contributed by atoms with Crippen LogP contribution in [0.15, 0.2) is 17.7 Å². The predicted octanol–water partition coefficient (Wildman–Crippen LogP) is 4.06. The summed E-state index contributed by atoms with van der Waals surface area (Å²) in [6.45, 7) is 13.1. The number of halogens is 1. The third-order valence-corrected chi connectivity index (χ3v) is 5.34. The van der Waals surface area contributed by atoms with Gasteiger partial charge in [-0.25, -0.2) is 14.6 Å². The van der Waals surface area contributed by atoms with Crippen molar-refractivity contribution >= 4 is 36.9 Å². The maximum absolute atomic E-state index is 12.2. The van der Waals surface area contributed by atoms with Crippen molar-refractivity contribution in [3.05, 3.63) is 34.0 Å². The van der Waals surface area contributed by atoms with Crippen LogP contribution in [0.4, 0.5) is 4.79 Å². The average molecular weight is 453 g/mol. The monoisotopic (exact) mass is 452 g/mol. The molecule has 170 valence electrons. The van der Waals surface area contributed by atoms with Gasteiger partial charge in [-0.15, -0.1) is 0 Å². The normalized spacial score (nSPS) is 18.0. The predicted molar refractivity (Wildman–Crippen MR) is 119 cm³/mol. The summed E-state index contributed by atoms with van der Waals surface area (Å²) < 4.78 is 22.3. The van der Waals surface area contributed by atoms with Gasteiger partial charge < -0.3 is 24.1 Å². The molecule has 10 heteroatoms. The van der Waals surface area contributed by atoms with Gasteiger partial charge in [0.15, 0.2) is 0 Å². The number of ether oxygens (including phenoxy) is 2. The van der Waals surface area contributed by atoms with Crippen molar-refractivity contribution in [2.45, 2.75) is 65.3 Å². The minimum atomic E-state index is -0.752. The molecule has 1 N–H and O–H groups in total. The molecule has 0 spiro atoms. The highest BCUT2D eigenvalue weighted by molar-refractivity contribution is 6.56. The summed E-state index contributed by atoms with van der Waals surface area (Å²) in [6, 6.07) is 1.56. The lowest BCUT2D eigenvalue weighted by molar-refractivity contribution is 0.00578. The maximum atomic E-state index is 12.2. The zero-order chi connectivity index (χ0) is 23.6. The third-order valence-electron chi connectivity index (χ3n) is 5.02. The topological polar surface area (TPSA) is 96.0 Å². The van der Waals surface area contributed by atoms with Crippen LogP contribution in [0, 0.1) is 0 Å². The Balaban J connectivity index is 2.38. The van der Waals surface area contributed by atoms with Gasteiger partial charge in [-0.1, -0.05) is 17.7 Å². The molecule has 1 saturated heterocycles. The Morgan fingerprint density at radius 2 is 1.81 bits per heavy atom. The van der Waals surface area contributed by atoms with Gasteiger partial charge >= 0.3 is 19.2 Å². The smallest absolute Gasteiger partial charge is 0.465 e. The molecule has 0 radical (unpaired) electrons. The van der Waals surface area contributed by atoms with Gasteiger partial charge in [0.1, 0.15) is 10.8 Å². The van der Waals surface area contributed by atoms with Gasteiger partial charge in [-0.05, 0) is 60.0 Å². The van der Waals surface area contributed by atoms with Crippen molar-refractivity contribution in [2.24, 2.45) is 0 Å². The molecule has 0 aromatic carbocycles. The van der Waals surface area contributed by atoms with Gasteiger partial charge in [0, 0.05) is 18.3 Å². The fourth-order valence-electron chi connectivity index (χ4n) is 2.68. The van der Waals surface area contributed by atoms with Crippen LogP contribution in [0.5, 0.6) is 0 Å². The number of carbonyl (C=O) groups excluding carboxylic acids is 2. The van der Waals surface area contributed by atoms with Crippen LogP contribution in [0.25, 0.3) is 6.08 Å². The lowest BCUT2D eigenvalue weighted by atomic mass is 9.77. The Morgan fingerprint density at radius 1 is 1.23 bits per heavy atom. The van der Waals surface area contributed by atoms with E-state index in [0.717, 1.165) is 0 Å². The van der Waals surface area contributed by atoms with Crippen molar-refractivity contribution in [1.82, 2.24) is 10.3 Å². The summed E-state index contributed by atoms with van der Waals surface area (Å²) in [7, 11) is 0.533. The first-order valence-corrected chi connectivity index (χ1v) is 10.3. The quantitative estimate of drug-likeness (QED) is 0.409. The fraction of sp³-hybridized carbons (Fsp3) is 0.571. The van der Waals surface area contributed by atoms with Crippen molar-refractivity contribution in [3.63, 3.8) is 0 Å². The highest BCUT2D eigenvalue weighted by atomic mass is 35.5. The SMILES string of the molecule is COC(=O)c1cnc(Cl)c(C=C(CNC(=O)OC(C)(C)C)B2OC(C)(C)C(C)(C)O2)c1. The highest BCUT2D eigenvalue weighted by Gasteiger charge is 2.52. The van der Waals surface area contributed by atoms with Crippen LogP contribution in [-0.2, 0) is 18.8 Å². The fourth-order valence-corrected chi connectivity index (χ4v) is 2.84. The van der Waals surface area contributed by atoms with E-state index >= 15 is 0 Å². The number of hydrogen-bond donors (Lipinski definition) is 1. The second-order valence-corrected chi connectivity index (χ2v) is 9.62. The van der Waals surface area contributed by atoms with Crippen molar-refractivity contribution in [3.8, 4) is 0 Å². The molecule has 1 fully saturated rings. The molecule has 1 aromatic rings. The molecule has 2 heterocycles. The molecule has 2 rings (SSSR count). The number of carbonyl (C=O) groups is 2. The molecule has 1 aliphatic heterocycles. The third kappa shape index (κ3) is 6.44. The van der Waals surface area contributed by atoms with E-state index in [0.29, 0.717) is 11.0 Å². The summed E-state index contributed by atoms with van der Waals surface area (Å²) in [5.74, 6) is -0.539. The van der Waals surface area contributed by atoms with Gasteiger partial charge in [0.25, 0.3) is 0 Å². The molecule has 0 unspecified atom stereocenters. The van der Waals surface area contributed by atoms with E-state index in [-0.39, 0.29) is 17.3 Å². The molecule has 1 aliphatic rings. The molecule has 1 aromatic heterocycles. The molecular formula is C21H30BClN2O6. The molecule has 0 bridgehead atoms. The molecule has 0 saturated carbocycles. The van der Waals surface area contributed by atoms with Gasteiger partial charge in [-0.3, -0.25) is 0 Å². The van der Waals surface area contributed by atoms with Crippen LogP contribution in [0.1, 0.15) is 64.4 Å². The number of nitrogens with one attached hydrogen (secondary N) is 1. The van der Waals surface area contributed by atoms with Crippen LogP contribution in [-0.4, -0.2) is 54.6 Å². The molecule has 31 heavy (non-hydrogen) atoms. The molecular weight excluding hydrogens is 423 g/mol. The lowest BCUT2D eigenvalue weighted by Crippen LogP contribution is -2.41. The highest BCUT2D eigenvalue weighted by Crippen LogP contribution is 2.39. The second kappa shape index (κ2) is 9.18. The van der Waals surface area contributed by atoms with Crippen LogP contribution in [0.3, 0.4) is 0 Å². The van der Waals surface area contributed by atoms with E-state index < -0.39 is 36.0 Å². The van der Waals surface area contributed by atoms with Gasteiger partial charge in [0.2, 0.25) is 0 Å². The second-order valence-electron chi connectivity index (χ2n) is 9.26. The molecule has 1 amide bonds. The molecule has 0 atom stereocenters. The number of hydrogen-bond acceptors (Lipinski definition) is 7. The Labute approximate surface area is 188 Å². The number of alkyl carbamates (subject to hydrolysis) is 1. The first kappa shape index (κ1) is 25.2. The standard InChI is InChI=1S/C21H30BClN2O6/c1-19(2,3)29-18(27)25-12-15(22-30-20(4,5)21(6,7)31-22)10-13-9-14(17(26)28-8)11-24-16(13)23/h9-11H,12H2,1-8H3,(H,25,27). The molecule has 8 nitrogen and oxygen atoms in total. The minimum Gasteiger partial charge on any atom is -0.465 e. The van der Waals surface area contributed by atoms with Crippen molar-refractivity contribution < 1.29 is 28.4 Å². The Kier molecular flexibility index (Phi) is 7.45. The summed E-state index contributed by atoms with van der Waals surface area (Å²) in [4.78, 5) is 28.1. The zero-order valence-electron chi connectivity index (χ0n) is 19.3. The minimum absolute atomic E-state index is 0.0739.